The maximum atomic E-state index is 13.6. The molecule has 0 bridgehead atoms. The number of halogens is 1. The van der Waals surface area contributed by atoms with Crippen molar-refractivity contribution in [3.05, 3.63) is 53.0 Å². The highest BCUT2D eigenvalue weighted by molar-refractivity contribution is 5.62. The lowest BCUT2D eigenvalue weighted by Crippen LogP contribution is -2.40. The molecule has 1 aliphatic rings. The topological polar surface area (TPSA) is 3.88 Å². The number of hydrogen-bond acceptors (Lipinski definition) is 0. The summed E-state index contributed by atoms with van der Waals surface area (Å²) in [5, 5.41) is 0. The molecule has 23 heavy (non-hydrogen) atoms. The van der Waals surface area contributed by atoms with E-state index in [-0.39, 0.29) is 5.82 Å². The van der Waals surface area contributed by atoms with Crippen LogP contribution in [0.2, 0.25) is 0 Å². The Morgan fingerprint density at radius 2 is 1.65 bits per heavy atom. The number of pyridine rings is 1. The van der Waals surface area contributed by atoms with E-state index in [4.69, 9.17) is 5.48 Å². The van der Waals surface area contributed by atoms with Crippen LogP contribution in [-0.2, 0) is 17.9 Å². The van der Waals surface area contributed by atoms with Crippen molar-refractivity contribution < 1.29 is 14.4 Å². The highest BCUT2D eigenvalue weighted by Gasteiger charge is 2.39. The summed E-state index contributed by atoms with van der Waals surface area (Å²) < 4.78 is 50.0. The van der Waals surface area contributed by atoms with Crippen LogP contribution in [0.5, 0.6) is 0 Å². The number of aryl methyl sites for hydroxylation is 2. The van der Waals surface area contributed by atoms with Gasteiger partial charge in [0.25, 0.3) is 0 Å². The van der Waals surface area contributed by atoms with Crippen molar-refractivity contribution in [3.8, 4) is 11.3 Å². The molecule has 0 spiro atoms. The molecule has 2 aromatic rings. The molecule has 0 amide bonds. The van der Waals surface area contributed by atoms with Crippen LogP contribution in [-0.4, -0.2) is 0 Å². The predicted octanol–water partition coefficient (Wildman–Crippen LogP) is 4.97. The zero-order valence-electron chi connectivity index (χ0n) is 18.7. The van der Waals surface area contributed by atoms with E-state index in [1.807, 2.05) is 30.8 Å². The van der Waals surface area contributed by atoms with E-state index in [1.54, 1.807) is 33.8 Å². The minimum absolute atomic E-state index is 0.289. The normalized spacial score (nSPS) is 25.5. The first-order valence-electron chi connectivity index (χ1n) is 9.97. The van der Waals surface area contributed by atoms with E-state index in [9.17, 15) is 4.39 Å². The third kappa shape index (κ3) is 2.69. The van der Waals surface area contributed by atoms with Gasteiger partial charge in [-0.15, -0.1) is 0 Å². The Bertz CT molecular complexity index is 932. The van der Waals surface area contributed by atoms with Crippen LogP contribution in [0.25, 0.3) is 11.3 Å². The second-order valence-electron chi connectivity index (χ2n) is 7.56. The average Bonchev–Trinajstić information content (AvgIpc) is 2.53. The van der Waals surface area contributed by atoms with Gasteiger partial charge in [0.05, 0.1) is 0 Å². The molecule has 0 aliphatic heterocycles. The molecule has 0 saturated carbocycles. The number of hydrogen-bond donors (Lipinski definition) is 0. The van der Waals surface area contributed by atoms with Crippen LogP contribution in [0.4, 0.5) is 4.39 Å². The SMILES string of the molecule is [2H]C1([2H])C(C)(C)c2cc(-c3ccc(F)cc3C)[n+](C)cc2C(C)(C)C1([2H])[2H]. The lowest BCUT2D eigenvalue weighted by molar-refractivity contribution is -0.661. The first-order valence-corrected chi connectivity index (χ1v) is 7.97. The Morgan fingerprint density at radius 1 is 1.04 bits per heavy atom. The molecule has 0 saturated heterocycles. The monoisotopic (exact) mass is 316 g/mol. The maximum absolute atomic E-state index is 13.6. The Labute approximate surface area is 144 Å². The van der Waals surface area contributed by atoms with Crippen molar-refractivity contribution in [2.75, 3.05) is 0 Å². The van der Waals surface area contributed by atoms with E-state index in [0.717, 1.165) is 27.9 Å². The minimum atomic E-state index is -2.06. The van der Waals surface area contributed by atoms with Crippen molar-refractivity contribution in [1.29, 1.82) is 0 Å². The summed E-state index contributed by atoms with van der Waals surface area (Å²) in [6, 6.07) is 6.60. The number of benzene rings is 1. The fraction of sp³-hybridized carbons (Fsp3) is 0.476. The van der Waals surface area contributed by atoms with E-state index < -0.39 is 23.6 Å². The summed E-state index contributed by atoms with van der Waals surface area (Å²) >= 11 is 0. The smallest absolute Gasteiger partial charge is 0.207 e. The van der Waals surface area contributed by atoms with Crippen molar-refractivity contribution in [1.82, 2.24) is 0 Å². The van der Waals surface area contributed by atoms with Gasteiger partial charge in [-0.1, -0.05) is 27.7 Å². The molecule has 1 aromatic carbocycles. The van der Waals surface area contributed by atoms with Crippen LogP contribution in [0.1, 0.15) is 62.6 Å². The Hall–Kier alpha value is -1.70. The van der Waals surface area contributed by atoms with Gasteiger partial charge in [0.1, 0.15) is 12.9 Å². The molecule has 1 aromatic heterocycles. The third-order valence-electron chi connectivity index (χ3n) is 4.77. The van der Waals surface area contributed by atoms with Gasteiger partial charge in [-0.05, 0) is 59.8 Å². The van der Waals surface area contributed by atoms with Crippen molar-refractivity contribution >= 4 is 0 Å². The first kappa shape index (κ1) is 11.8. The van der Waals surface area contributed by atoms with Crippen molar-refractivity contribution in [3.63, 3.8) is 0 Å². The van der Waals surface area contributed by atoms with Crippen molar-refractivity contribution in [2.24, 2.45) is 7.05 Å². The summed E-state index contributed by atoms with van der Waals surface area (Å²) in [5.41, 5.74) is 2.10. The van der Waals surface area contributed by atoms with Crippen LogP contribution in [0.15, 0.2) is 30.5 Å². The fourth-order valence-corrected chi connectivity index (χ4v) is 3.29. The molecule has 3 rings (SSSR count). The molecule has 122 valence electrons. The summed E-state index contributed by atoms with van der Waals surface area (Å²) in [4.78, 5) is 0. The van der Waals surface area contributed by atoms with Gasteiger partial charge in [-0.25, -0.2) is 8.96 Å². The van der Waals surface area contributed by atoms with Gasteiger partial charge < -0.3 is 0 Å². The summed E-state index contributed by atoms with van der Waals surface area (Å²) in [5.74, 6) is -0.289. The minimum Gasteiger partial charge on any atom is -0.207 e. The molecule has 0 N–H and O–H groups in total. The number of rotatable bonds is 1. The Morgan fingerprint density at radius 3 is 2.26 bits per heavy atom. The van der Waals surface area contributed by atoms with Crippen LogP contribution in [0, 0.1) is 12.7 Å². The second kappa shape index (κ2) is 5.15. The third-order valence-corrected chi connectivity index (χ3v) is 4.77. The molecule has 2 heteroatoms. The van der Waals surface area contributed by atoms with Crippen LogP contribution < -0.4 is 4.57 Å². The Balaban J connectivity index is 2.37. The van der Waals surface area contributed by atoms with Crippen LogP contribution >= 0.6 is 0 Å². The molecule has 0 radical (unpaired) electrons. The van der Waals surface area contributed by atoms with Gasteiger partial charge in [-0.3, -0.25) is 0 Å². The van der Waals surface area contributed by atoms with E-state index in [0.29, 0.717) is 0 Å². The quantitative estimate of drug-likeness (QED) is 0.654. The summed E-state index contributed by atoms with van der Waals surface area (Å²) in [7, 11) is 1.89. The molecular weight excluding hydrogens is 285 g/mol. The largest absolute Gasteiger partial charge is 0.212 e. The first-order chi connectivity index (χ1) is 12.2. The fourth-order valence-electron chi connectivity index (χ4n) is 3.29. The lowest BCUT2D eigenvalue weighted by atomic mass is 9.63. The molecule has 1 heterocycles. The van der Waals surface area contributed by atoms with Gasteiger partial charge in [0.2, 0.25) is 5.69 Å². The second-order valence-corrected chi connectivity index (χ2v) is 7.56. The summed E-state index contributed by atoms with van der Waals surface area (Å²) in [6.07, 6.45) is -2.20. The van der Waals surface area contributed by atoms with Crippen LogP contribution in [0.3, 0.4) is 0 Å². The predicted molar refractivity (Wildman–Crippen MR) is 93.0 cm³/mol. The van der Waals surface area contributed by atoms with Gasteiger partial charge in [0, 0.05) is 22.7 Å². The standard InChI is InChI=1S/C21H27FN/c1-14-11-15(22)7-8-16(14)19-12-17-18(13-23(19)6)21(4,5)10-9-20(17,2)3/h7-8,11-13H,9-10H2,1-6H3/q+1/i9D2,10D2. The van der Waals surface area contributed by atoms with E-state index in [2.05, 4.69) is 0 Å². The van der Waals surface area contributed by atoms with E-state index >= 15 is 0 Å². The molecule has 1 nitrogen and oxygen atoms in total. The number of nitrogens with zero attached hydrogens (tertiary/aromatic N) is 1. The molecule has 0 unspecified atom stereocenters. The molecular formula is C21H27FN+. The van der Waals surface area contributed by atoms with E-state index in [1.165, 1.54) is 12.1 Å². The summed E-state index contributed by atoms with van der Waals surface area (Å²) in [6.45, 7) is 8.91. The number of aromatic nitrogens is 1. The highest BCUT2D eigenvalue weighted by Crippen LogP contribution is 2.46. The van der Waals surface area contributed by atoms with Gasteiger partial charge in [-0.2, -0.15) is 0 Å². The average molecular weight is 316 g/mol. The maximum Gasteiger partial charge on any atom is 0.212 e. The molecule has 0 fully saturated rings. The van der Waals surface area contributed by atoms with Gasteiger partial charge in [0.15, 0.2) is 6.20 Å². The number of fused-ring (bicyclic) bond motifs is 1. The zero-order valence-corrected chi connectivity index (χ0v) is 14.7. The molecule has 0 atom stereocenters. The molecule has 1 aliphatic carbocycles. The zero-order chi connectivity index (χ0) is 20.6. The van der Waals surface area contributed by atoms with Crippen molar-refractivity contribution in [2.45, 2.75) is 58.2 Å². The Kier molecular flexibility index (Phi) is 2.64. The van der Waals surface area contributed by atoms with Gasteiger partial charge >= 0.3 is 0 Å². The lowest BCUT2D eigenvalue weighted by Gasteiger charge is -2.40. The highest BCUT2D eigenvalue weighted by atomic mass is 19.1.